The molecular weight excluding hydrogens is 636 g/mol. The lowest BCUT2D eigenvalue weighted by Gasteiger charge is -2.11. The molecule has 0 bridgehead atoms. The fraction of sp³-hybridized carbons (Fsp3) is 0.0769. The van der Waals surface area contributed by atoms with Crippen LogP contribution in [0, 0.1) is 0 Å². The van der Waals surface area contributed by atoms with Gasteiger partial charge >= 0.3 is 0 Å². The summed E-state index contributed by atoms with van der Waals surface area (Å²) in [7, 11) is 0. The van der Waals surface area contributed by atoms with Gasteiger partial charge in [-0.2, -0.15) is 0 Å². The predicted molar refractivity (Wildman–Crippen MR) is 102 cm³/mol. The van der Waals surface area contributed by atoms with Crippen molar-refractivity contribution in [3.05, 3.63) is 62.2 Å². The molecule has 0 saturated carbocycles. The Morgan fingerprint density at radius 2 is 0.895 bits per heavy atom. The van der Waals surface area contributed by atoms with Gasteiger partial charge in [0, 0.05) is 26.8 Å². The van der Waals surface area contributed by atoms with Crippen LogP contribution in [0.5, 0.6) is 0 Å². The molecule has 0 aromatic heterocycles. The lowest BCUT2D eigenvalue weighted by Crippen LogP contribution is -1.93. The molecule has 0 atom stereocenters. The van der Waals surface area contributed by atoms with Crippen LogP contribution in [0.15, 0.2) is 51.1 Å². The molecule has 0 aliphatic heterocycles. The van der Waals surface area contributed by atoms with Crippen molar-refractivity contribution in [1.82, 2.24) is 0 Å². The third-order valence-electron chi connectivity index (χ3n) is 2.61. The van der Waals surface area contributed by atoms with Crippen LogP contribution in [0.1, 0.15) is 11.1 Å². The minimum Gasteiger partial charge on any atom is -0.0564 e. The van der Waals surface area contributed by atoms with Crippen LogP contribution in [0.3, 0.4) is 0 Å². The standard InChI is InChI=1S/C13H6Br6/c14-8-3-1-6(10(16)12(8)18)5-7-2-4-9(15)13(19)11(7)17/h1-4H,5H2. The summed E-state index contributed by atoms with van der Waals surface area (Å²) < 4.78 is 6.31. The summed E-state index contributed by atoms with van der Waals surface area (Å²) in [5, 5.41) is 0. The van der Waals surface area contributed by atoms with Crippen LogP contribution < -0.4 is 0 Å². The molecule has 0 unspecified atom stereocenters. The van der Waals surface area contributed by atoms with Crippen molar-refractivity contribution in [1.29, 1.82) is 0 Å². The Morgan fingerprint density at radius 1 is 0.526 bits per heavy atom. The van der Waals surface area contributed by atoms with Gasteiger partial charge in [-0.05, 0) is 125 Å². The zero-order valence-corrected chi connectivity index (χ0v) is 18.8. The molecule has 2 aromatic carbocycles. The molecule has 19 heavy (non-hydrogen) atoms. The molecule has 0 N–H and O–H groups in total. The highest BCUT2D eigenvalue weighted by molar-refractivity contribution is 9.15. The fourth-order valence-corrected chi connectivity index (χ4v) is 4.55. The first-order valence-electron chi connectivity index (χ1n) is 5.16. The molecule has 0 fully saturated rings. The third-order valence-corrected chi connectivity index (χ3v) is 9.52. The highest BCUT2D eigenvalue weighted by atomic mass is 79.9. The molecule has 0 heterocycles. The average Bonchev–Trinajstić information content (AvgIpc) is 2.39. The maximum atomic E-state index is 3.63. The summed E-state index contributed by atoms with van der Waals surface area (Å²) in [5.41, 5.74) is 2.45. The van der Waals surface area contributed by atoms with Crippen molar-refractivity contribution in [2.75, 3.05) is 0 Å². The van der Waals surface area contributed by atoms with Crippen molar-refractivity contribution in [2.24, 2.45) is 0 Å². The highest BCUT2D eigenvalue weighted by Crippen LogP contribution is 2.38. The number of rotatable bonds is 2. The second-order valence-electron chi connectivity index (χ2n) is 3.85. The number of hydrogen-bond donors (Lipinski definition) is 0. The lowest BCUT2D eigenvalue weighted by molar-refractivity contribution is 1.15. The zero-order valence-electron chi connectivity index (χ0n) is 9.28. The van der Waals surface area contributed by atoms with Crippen molar-refractivity contribution in [3.8, 4) is 0 Å². The normalized spacial score (nSPS) is 10.8. The lowest BCUT2D eigenvalue weighted by atomic mass is 10.1. The highest BCUT2D eigenvalue weighted by Gasteiger charge is 2.12. The van der Waals surface area contributed by atoms with Gasteiger partial charge < -0.3 is 0 Å². The SMILES string of the molecule is Brc1ccc(Cc2ccc(Br)c(Br)c2Br)c(Br)c1Br. The molecule has 0 aliphatic carbocycles. The number of halogens is 6. The Morgan fingerprint density at radius 3 is 1.26 bits per heavy atom. The Labute approximate surface area is 162 Å². The van der Waals surface area contributed by atoms with Crippen LogP contribution >= 0.6 is 95.6 Å². The van der Waals surface area contributed by atoms with E-state index in [4.69, 9.17) is 0 Å². The molecule has 0 saturated heterocycles. The Hall–Kier alpha value is 1.32. The number of hydrogen-bond acceptors (Lipinski definition) is 0. The molecule has 2 rings (SSSR count). The number of benzene rings is 2. The Bertz CT molecular complexity index is 580. The van der Waals surface area contributed by atoms with Gasteiger partial charge in [0.15, 0.2) is 0 Å². The first-order chi connectivity index (χ1) is 8.91. The van der Waals surface area contributed by atoms with Gasteiger partial charge in [0.1, 0.15) is 0 Å². The van der Waals surface area contributed by atoms with Gasteiger partial charge in [0.05, 0.1) is 0 Å². The van der Waals surface area contributed by atoms with E-state index < -0.39 is 0 Å². The van der Waals surface area contributed by atoms with Gasteiger partial charge in [-0.1, -0.05) is 12.1 Å². The first kappa shape index (κ1) is 16.7. The summed E-state index contributed by atoms with van der Waals surface area (Å²) in [4.78, 5) is 0. The molecule has 2 aromatic rings. The van der Waals surface area contributed by atoms with Crippen LogP contribution in [-0.2, 0) is 6.42 Å². The van der Waals surface area contributed by atoms with Gasteiger partial charge in [-0.15, -0.1) is 0 Å². The summed E-state index contributed by atoms with van der Waals surface area (Å²) in [6, 6.07) is 8.32. The van der Waals surface area contributed by atoms with Crippen molar-refractivity contribution < 1.29 is 0 Å². The van der Waals surface area contributed by atoms with Crippen LogP contribution in [0.2, 0.25) is 0 Å². The van der Waals surface area contributed by atoms with E-state index in [1.165, 1.54) is 11.1 Å². The first-order valence-corrected chi connectivity index (χ1v) is 9.92. The average molecular weight is 642 g/mol. The van der Waals surface area contributed by atoms with E-state index in [1.54, 1.807) is 0 Å². The van der Waals surface area contributed by atoms with E-state index in [0.717, 1.165) is 33.3 Å². The smallest absolute Gasteiger partial charge is 0.0462 e. The summed E-state index contributed by atoms with van der Waals surface area (Å²) in [5.74, 6) is 0. The zero-order chi connectivity index (χ0) is 14.2. The van der Waals surface area contributed by atoms with Crippen molar-refractivity contribution >= 4 is 95.6 Å². The second-order valence-corrected chi connectivity index (χ2v) is 8.73. The van der Waals surface area contributed by atoms with E-state index in [-0.39, 0.29) is 0 Å². The van der Waals surface area contributed by atoms with Gasteiger partial charge in [0.2, 0.25) is 0 Å². The minimum absolute atomic E-state index is 0.846. The van der Waals surface area contributed by atoms with E-state index in [1.807, 2.05) is 12.1 Å². The van der Waals surface area contributed by atoms with Crippen LogP contribution in [-0.4, -0.2) is 0 Å². The van der Waals surface area contributed by atoms with Gasteiger partial charge in [0.25, 0.3) is 0 Å². The Kier molecular flexibility index (Phi) is 6.19. The monoisotopic (exact) mass is 636 g/mol. The van der Waals surface area contributed by atoms with Crippen LogP contribution in [0.4, 0.5) is 0 Å². The van der Waals surface area contributed by atoms with E-state index in [2.05, 4.69) is 108 Å². The predicted octanol–water partition coefficient (Wildman–Crippen LogP) is 7.85. The fourth-order valence-electron chi connectivity index (χ4n) is 1.61. The molecule has 0 amide bonds. The summed E-state index contributed by atoms with van der Waals surface area (Å²) >= 11 is 21.4. The molecule has 6 heteroatoms. The molecule has 0 aliphatic rings. The quantitative estimate of drug-likeness (QED) is 0.293. The largest absolute Gasteiger partial charge is 0.0564 e. The Balaban J connectivity index is 2.43. The van der Waals surface area contributed by atoms with E-state index >= 15 is 0 Å². The summed E-state index contributed by atoms with van der Waals surface area (Å²) in [6.07, 6.45) is 0.846. The van der Waals surface area contributed by atoms with E-state index in [0.29, 0.717) is 0 Å². The maximum Gasteiger partial charge on any atom is 0.0462 e. The molecule has 0 spiro atoms. The molecule has 100 valence electrons. The molecular formula is C13H6Br6. The van der Waals surface area contributed by atoms with Gasteiger partial charge in [-0.3, -0.25) is 0 Å². The van der Waals surface area contributed by atoms with Crippen molar-refractivity contribution in [2.45, 2.75) is 6.42 Å². The maximum absolute atomic E-state index is 3.63. The topological polar surface area (TPSA) is 0 Å². The summed E-state index contributed by atoms with van der Waals surface area (Å²) in [6.45, 7) is 0. The van der Waals surface area contributed by atoms with Gasteiger partial charge in [-0.25, -0.2) is 0 Å². The van der Waals surface area contributed by atoms with Crippen LogP contribution in [0.25, 0.3) is 0 Å². The molecule has 0 nitrogen and oxygen atoms in total. The molecule has 0 radical (unpaired) electrons. The van der Waals surface area contributed by atoms with Crippen molar-refractivity contribution in [3.63, 3.8) is 0 Å². The second kappa shape index (κ2) is 7.05. The third kappa shape index (κ3) is 3.75. The minimum atomic E-state index is 0.846. The van der Waals surface area contributed by atoms with E-state index in [9.17, 15) is 0 Å².